The number of hydrogen-bond donors (Lipinski definition) is 1. The topological polar surface area (TPSA) is 29.5 Å². The van der Waals surface area contributed by atoms with Crippen molar-refractivity contribution in [3.8, 4) is 5.75 Å². The molecule has 1 aromatic rings. The quantitative estimate of drug-likeness (QED) is 0.768. The Labute approximate surface area is 78.5 Å². The molecule has 0 saturated heterocycles. The van der Waals surface area contributed by atoms with Crippen molar-refractivity contribution in [3.63, 3.8) is 0 Å². The van der Waals surface area contributed by atoms with Gasteiger partial charge in [-0.05, 0) is 24.6 Å². The summed E-state index contributed by atoms with van der Waals surface area (Å²) < 4.78 is 5.02. The molecule has 0 bridgehead atoms. The molecule has 0 spiro atoms. The van der Waals surface area contributed by atoms with Gasteiger partial charge >= 0.3 is 0 Å². The zero-order chi connectivity index (χ0) is 9.68. The van der Waals surface area contributed by atoms with Crippen LogP contribution in [0.2, 0.25) is 0 Å². The molecular weight excluding hydrogens is 164 g/mol. The van der Waals surface area contributed by atoms with Crippen molar-refractivity contribution in [2.75, 3.05) is 7.11 Å². The van der Waals surface area contributed by atoms with Gasteiger partial charge in [-0.3, -0.25) is 0 Å². The molecule has 0 amide bonds. The third kappa shape index (κ3) is 3.30. The van der Waals surface area contributed by atoms with Crippen molar-refractivity contribution in [2.45, 2.75) is 13.0 Å². The van der Waals surface area contributed by atoms with Crippen LogP contribution in [0.25, 0.3) is 6.08 Å². The first-order chi connectivity index (χ1) is 6.22. The molecule has 1 N–H and O–H groups in total. The van der Waals surface area contributed by atoms with Crippen molar-refractivity contribution in [1.29, 1.82) is 0 Å². The summed E-state index contributed by atoms with van der Waals surface area (Å²) in [6.07, 6.45) is 3.22. The SMILES string of the molecule is COc1ccc(/C=C/C(C)O)cc1. The molecule has 0 fully saturated rings. The summed E-state index contributed by atoms with van der Waals surface area (Å²) in [7, 11) is 1.64. The maximum Gasteiger partial charge on any atom is 0.118 e. The van der Waals surface area contributed by atoms with Gasteiger partial charge < -0.3 is 9.84 Å². The van der Waals surface area contributed by atoms with Gasteiger partial charge in [0.2, 0.25) is 0 Å². The first-order valence-corrected chi connectivity index (χ1v) is 4.22. The van der Waals surface area contributed by atoms with Gasteiger partial charge in [0.15, 0.2) is 0 Å². The number of benzene rings is 1. The zero-order valence-corrected chi connectivity index (χ0v) is 7.90. The minimum Gasteiger partial charge on any atom is -0.497 e. The Bertz CT molecular complexity index is 273. The standard InChI is InChI=1S/C11H14O2/c1-9(12)3-4-10-5-7-11(13-2)8-6-10/h3-9,12H,1-2H3/b4-3+. The fourth-order valence-corrected chi connectivity index (χ4v) is 0.965. The summed E-state index contributed by atoms with van der Waals surface area (Å²) in [4.78, 5) is 0. The van der Waals surface area contributed by atoms with Crippen LogP contribution in [-0.4, -0.2) is 18.3 Å². The minimum atomic E-state index is -0.401. The van der Waals surface area contributed by atoms with Crippen molar-refractivity contribution >= 4 is 6.08 Å². The zero-order valence-electron chi connectivity index (χ0n) is 7.90. The molecule has 1 aromatic carbocycles. The highest BCUT2D eigenvalue weighted by atomic mass is 16.5. The van der Waals surface area contributed by atoms with Gasteiger partial charge in [0.25, 0.3) is 0 Å². The van der Waals surface area contributed by atoms with Crippen molar-refractivity contribution < 1.29 is 9.84 Å². The van der Waals surface area contributed by atoms with E-state index in [9.17, 15) is 0 Å². The van der Waals surface area contributed by atoms with E-state index in [1.165, 1.54) is 0 Å². The summed E-state index contributed by atoms with van der Waals surface area (Å²) in [6.45, 7) is 1.72. The second kappa shape index (κ2) is 4.67. The molecule has 1 atom stereocenters. The molecular formula is C11H14O2. The smallest absolute Gasteiger partial charge is 0.118 e. The van der Waals surface area contributed by atoms with Gasteiger partial charge in [-0.1, -0.05) is 24.3 Å². The second-order valence-electron chi connectivity index (χ2n) is 2.87. The van der Waals surface area contributed by atoms with Crippen LogP contribution in [-0.2, 0) is 0 Å². The molecule has 1 unspecified atom stereocenters. The summed E-state index contributed by atoms with van der Waals surface area (Å²) in [5.74, 6) is 0.842. The first kappa shape index (κ1) is 9.81. The fourth-order valence-electron chi connectivity index (χ4n) is 0.965. The van der Waals surface area contributed by atoms with Crippen LogP contribution < -0.4 is 4.74 Å². The van der Waals surface area contributed by atoms with Crippen LogP contribution in [0, 0.1) is 0 Å². The first-order valence-electron chi connectivity index (χ1n) is 4.22. The van der Waals surface area contributed by atoms with Crippen LogP contribution in [0.1, 0.15) is 12.5 Å². The number of ether oxygens (including phenoxy) is 1. The van der Waals surface area contributed by atoms with E-state index in [0.717, 1.165) is 11.3 Å². The van der Waals surface area contributed by atoms with E-state index < -0.39 is 6.10 Å². The van der Waals surface area contributed by atoms with Gasteiger partial charge in [-0.15, -0.1) is 0 Å². The molecule has 0 saturated carbocycles. The molecule has 0 aliphatic heterocycles. The minimum absolute atomic E-state index is 0.401. The predicted molar refractivity (Wildman–Crippen MR) is 53.7 cm³/mol. The Balaban J connectivity index is 2.69. The van der Waals surface area contributed by atoms with Crippen molar-refractivity contribution in [2.24, 2.45) is 0 Å². The maximum atomic E-state index is 9.00. The molecule has 0 aliphatic rings. The molecule has 0 heterocycles. The van der Waals surface area contributed by atoms with E-state index in [4.69, 9.17) is 9.84 Å². The monoisotopic (exact) mass is 178 g/mol. The van der Waals surface area contributed by atoms with E-state index in [1.807, 2.05) is 30.3 Å². The van der Waals surface area contributed by atoms with Gasteiger partial charge in [0, 0.05) is 0 Å². The highest BCUT2D eigenvalue weighted by Crippen LogP contribution is 2.12. The highest BCUT2D eigenvalue weighted by Gasteiger charge is 1.90. The number of rotatable bonds is 3. The molecule has 1 rings (SSSR count). The van der Waals surface area contributed by atoms with Gasteiger partial charge in [-0.2, -0.15) is 0 Å². The lowest BCUT2D eigenvalue weighted by atomic mass is 10.2. The summed E-state index contributed by atoms with van der Waals surface area (Å²) in [6, 6.07) is 7.67. The average Bonchev–Trinajstić information content (AvgIpc) is 2.15. The Kier molecular flexibility index (Phi) is 3.53. The molecule has 2 heteroatoms. The second-order valence-corrected chi connectivity index (χ2v) is 2.87. The Morgan fingerprint density at radius 2 is 1.92 bits per heavy atom. The van der Waals surface area contributed by atoms with E-state index in [1.54, 1.807) is 20.1 Å². The van der Waals surface area contributed by atoms with Crippen molar-refractivity contribution in [3.05, 3.63) is 35.9 Å². The van der Waals surface area contributed by atoms with E-state index in [-0.39, 0.29) is 0 Å². The van der Waals surface area contributed by atoms with E-state index in [0.29, 0.717) is 0 Å². The lowest BCUT2D eigenvalue weighted by Crippen LogP contribution is -1.91. The average molecular weight is 178 g/mol. The third-order valence-corrected chi connectivity index (χ3v) is 1.68. The van der Waals surface area contributed by atoms with E-state index >= 15 is 0 Å². The summed E-state index contributed by atoms with van der Waals surface area (Å²) >= 11 is 0. The predicted octanol–water partition coefficient (Wildman–Crippen LogP) is 2.09. The van der Waals surface area contributed by atoms with E-state index in [2.05, 4.69) is 0 Å². The fraction of sp³-hybridized carbons (Fsp3) is 0.273. The number of hydrogen-bond acceptors (Lipinski definition) is 2. The van der Waals surface area contributed by atoms with Gasteiger partial charge in [0.1, 0.15) is 5.75 Å². The largest absolute Gasteiger partial charge is 0.497 e. The summed E-state index contributed by atoms with van der Waals surface area (Å²) in [5, 5.41) is 9.00. The highest BCUT2D eigenvalue weighted by molar-refractivity contribution is 5.50. The van der Waals surface area contributed by atoms with Crippen molar-refractivity contribution in [1.82, 2.24) is 0 Å². The lowest BCUT2D eigenvalue weighted by molar-refractivity contribution is 0.245. The van der Waals surface area contributed by atoms with Crippen LogP contribution in [0.5, 0.6) is 5.75 Å². The Morgan fingerprint density at radius 1 is 1.31 bits per heavy atom. The maximum absolute atomic E-state index is 9.00. The molecule has 0 aliphatic carbocycles. The lowest BCUT2D eigenvalue weighted by Gasteiger charge is -1.99. The van der Waals surface area contributed by atoms with Crippen LogP contribution in [0.15, 0.2) is 30.3 Å². The molecule has 0 radical (unpaired) electrons. The number of aliphatic hydroxyl groups excluding tert-OH is 1. The molecule has 0 aromatic heterocycles. The molecule has 13 heavy (non-hydrogen) atoms. The number of aliphatic hydroxyl groups is 1. The Morgan fingerprint density at radius 3 is 2.38 bits per heavy atom. The Hall–Kier alpha value is -1.28. The normalized spacial score (nSPS) is 13.2. The molecule has 2 nitrogen and oxygen atoms in total. The van der Waals surface area contributed by atoms with Gasteiger partial charge in [-0.25, -0.2) is 0 Å². The van der Waals surface area contributed by atoms with Crippen LogP contribution in [0.4, 0.5) is 0 Å². The van der Waals surface area contributed by atoms with Crippen LogP contribution in [0.3, 0.4) is 0 Å². The third-order valence-electron chi connectivity index (χ3n) is 1.68. The number of methoxy groups -OCH3 is 1. The summed E-state index contributed by atoms with van der Waals surface area (Å²) in [5.41, 5.74) is 1.06. The van der Waals surface area contributed by atoms with Crippen LogP contribution >= 0.6 is 0 Å². The van der Waals surface area contributed by atoms with Gasteiger partial charge in [0.05, 0.1) is 13.2 Å². The molecule has 70 valence electrons.